The van der Waals surface area contributed by atoms with Gasteiger partial charge in [-0.2, -0.15) is 11.8 Å². The Morgan fingerprint density at radius 2 is 2.15 bits per heavy atom. The normalized spacial score (nSPS) is 23.8. The molecule has 1 heterocycles. The topological polar surface area (TPSA) is 26.3 Å². The second kappa shape index (κ2) is 5.01. The van der Waals surface area contributed by atoms with E-state index in [1.807, 2.05) is 11.8 Å². The van der Waals surface area contributed by atoms with Crippen LogP contribution in [0.1, 0.15) is 19.8 Å². The largest absolute Gasteiger partial charge is 0.384 e. The lowest BCUT2D eigenvalue weighted by molar-refractivity contribution is -0.120. The maximum atomic E-state index is 11.1. The number of hydrogen-bond acceptors (Lipinski definition) is 3. The first-order chi connectivity index (χ1) is 6.25. The lowest BCUT2D eigenvalue weighted by Gasteiger charge is -2.36. The predicted molar refractivity (Wildman–Crippen MR) is 56.1 cm³/mol. The van der Waals surface area contributed by atoms with Gasteiger partial charge in [0.15, 0.2) is 0 Å². The highest BCUT2D eigenvalue weighted by molar-refractivity contribution is 7.99. The monoisotopic (exact) mass is 202 g/mol. The van der Waals surface area contributed by atoms with E-state index in [2.05, 4.69) is 6.92 Å². The molecule has 0 bridgehead atoms. The van der Waals surface area contributed by atoms with E-state index in [4.69, 9.17) is 4.74 Å². The average Bonchev–Trinajstić information content (AvgIpc) is 2.19. The number of rotatable bonds is 4. The number of carbonyl (C=O) groups excluding carboxylic acids is 1. The molecule has 13 heavy (non-hydrogen) atoms. The molecule has 1 aliphatic heterocycles. The number of hydrogen-bond donors (Lipinski definition) is 0. The Kier molecular flexibility index (Phi) is 4.26. The van der Waals surface area contributed by atoms with Crippen LogP contribution in [0.4, 0.5) is 0 Å². The molecule has 1 aliphatic rings. The summed E-state index contributed by atoms with van der Waals surface area (Å²) in [5, 5.41) is 0. The van der Waals surface area contributed by atoms with Crippen molar-refractivity contribution in [1.82, 2.24) is 0 Å². The highest BCUT2D eigenvalue weighted by Gasteiger charge is 2.37. The van der Waals surface area contributed by atoms with Gasteiger partial charge in [0.2, 0.25) is 0 Å². The van der Waals surface area contributed by atoms with Crippen LogP contribution in [-0.2, 0) is 9.53 Å². The Bertz CT molecular complexity index is 164. The molecular formula is C10H18O2S. The summed E-state index contributed by atoms with van der Waals surface area (Å²) >= 11 is 1.95. The van der Waals surface area contributed by atoms with E-state index in [-0.39, 0.29) is 5.41 Å². The number of carbonyl (C=O) groups is 1. The average molecular weight is 202 g/mol. The van der Waals surface area contributed by atoms with Gasteiger partial charge in [-0.15, -0.1) is 0 Å². The van der Waals surface area contributed by atoms with Crippen LogP contribution in [0.15, 0.2) is 0 Å². The van der Waals surface area contributed by atoms with Crippen LogP contribution in [0.3, 0.4) is 0 Å². The van der Waals surface area contributed by atoms with Crippen molar-refractivity contribution in [3.8, 4) is 0 Å². The Labute approximate surface area is 84.4 Å². The van der Waals surface area contributed by atoms with Crippen LogP contribution < -0.4 is 0 Å². The first-order valence-corrected chi connectivity index (χ1v) is 5.93. The van der Waals surface area contributed by atoms with E-state index in [9.17, 15) is 4.79 Å². The molecular weight excluding hydrogens is 184 g/mol. The molecule has 2 nitrogen and oxygen atoms in total. The van der Waals surface area contributed by atoms with Crippen LogP contribution in [0.2, 0.25) is 0 Å². The van der Waals surface area contributed by atoms with Crippen molar-refractivity contribution >= 4 is 18.0 Å². The fraction of sp³-hybridized carbons (Fsp3) is 0.900. The lowest BCUT2D eigenvalue weighted by atomic mass is 9.73. The predicted octanol–water partition coefficient (Wildman–Crippen LogP) is 1.98. The summed E-state index contributed by atoms with van der Waals surface area (Å²) in [4.78, 5) is 11.1. The minimum absolute atomic E-state index is 0.0960. The van der Waals surface area contributed by atoms with Gasteiger partial charge in [0, 0.05) is 19.1 Å². The third-order valence-electron chi connectivity index (χ3n) is 3.06. The molecule has 1 saturated heterocycles. The van der Waals surface area contributed by atoms with Gasteiger partial charge in [0.25, 0.3) is 0 Å². The van der Waals surface area contributed by atoms with E-state index in [1.165, 1.54) is 0 Å². The van der Waals surface area contributed by atoms with Gasteiger partial charge in [0.05, 0.1) is 0 Å². The van der Waals surface area contributed by atoms with Gasteiger partial charge in [-0.05, 0) is 30.3 Å². The molecule has 0 radical (unpaired) electrons. The number of aldehydes is 1. The van der Waals surface area contributed by atoms with Crippen LogP contribution in [-0.4, -0.2) is 31.5 Å². The summed E-state index contributed by atoms with van der Waals surface area (Å²) in [5.74, 6) is 2.59. The van der Waals surface area contributed by atoms with Crippen molar-refractivity contribution in [2.24, 2.45) is 11.3 Å². The van der Waals surface area contributed by atoms with Crippen LogP contribution in [0, 0.1) is 11.3 Å². The Morgan fingerprint density at radius 1 is 1.54 bits per heavy atom. The third kappa shape index (κ3) is 2.47. The Balaban J connectivity index is 2.60. The first-order valence-electron chi connectivity index (χ1n) is 4.78. The molecule has 1 atom stereocenters. The molecule has 3 heteroatoms. The molecule has 0 aromatic heterocycles. The fourth-order valence-electron chi connectivity index (χ4n) is 1.89. The summed E-state index contributed by atoms with van der Waals surface area (Å²) in [5.41, 5.74) is -0.0960. The highest BCUT2D eigenvalue weighted by atomic mass is 32.2. The van der Waals surface area contributed by atoms with Crippen molar-refractivity contribution in [2.45, 2.75) is 19.8 Å². The number of ether oxygens (including phenoxy) is 1. The van der Waals surface area contributed by atoms with E-state index in [0.717, 1.165) is 30.6 Å². The van der Waals surface area contributed by atoms with Crippen molar-refractivity contribution in [1.29, 1.82) is 0 Å². The zero-order valence-electron chi connectivity index (χ0n) is 8.41. The summed E-state index contributed by atoms with van der Waals surface area (Å²) in [6.07, 6.45) is 3.20. The van der Waals surface area contributed by atoms with Gasteiger partial charge in [0.1, 0.15) is 6.29 Å². The van der Waals surface area contributed by atoms with Gasteiger partial charge >= 0.3 is 0 Å². The molecule has 1 fully saturated rings. The molecule has 0 aliphatic carbocycles. The van der Waals surface area contributed by atoms with Gasteiger partial charge in [-0.3, -0.25) is 0 Å². The third-order valence-corrected chi connectivity index (χ3v) is 4.04. The summed E-state index contributed by atoms with van der Waals surface area (Å²) in [6, 6.07) is 0. The maximum Gasteiger partial charge on any atom is 0.126 e. The quantitative estimate of drug-likeness (QED) is 0.652. The lowest BCUT2D eigenvalue weighted by Crippen LogP contribution is -2.36. The van der Waals surface area contributed by atoms with Crippen molar-refractivity contribution in [3.05, 3.63) is 0 Å². The molecule has 76 valence electrons. The van der Waals surface area contributed by atoms with Crippen molar-refractivity contribution < 1.29 is 9.53 Å². The Hall–Kier alpha value is -0.0200. The zero-order chi connectivity index (χ0) is 9.73. The molecule has 0 spiro atoms. The van der Waals surface area contributed by atoms with Gasteiger partial charge < -0.3 is 9.53 Å². The summed E-state index contributed by atoms with van der Waals surface area (Å²) < 4.78 is 5.12. The molecule has 0 aromatic rings. The van der Waals surface area contributed by atoms with E-state index < -0.39 is 0 Å². The maximum absolute atomic E-state index is 11.1. The second-order valence-electron chi connectivity index (χ2n) is 3.82. The Morgan fingerprint density at radius 3 is 2.62 bits per heavy atom. The highest BCUT2D eigenvalue weighted by Crippen LogP contribution is 2.39. The van der Waals surface area contributed by atoms with E-state index in [0.29, 0.717) is 12.5 Å². The number of methoxy groups -OCH3 is 1. The summed E-state index contributed by atoms with van der Waals surface area (Å²) in [6.45, 7) is 2.82. The molecule has 0 aromatic carbocycles. The SMILES string of the molecule is COCC(C)C1(C=O)CCSCC1. The summed E-state index contributed by atoms with van der Waals surface area (Å²) in [7, 11) is 1.70. The van der Waals surface area contributed by atoms with Gasteiger partial charge in [-0.1, -0.05) is 6.92 Å². The van der Waals surface area contributed by atoms with Crippen molar-refractivity contribution in [2.75, 3.05) is 25.2 Å². The standard InChI is InChI=1S/C10H18O2S/c1-9(7-12-2)10(8-11)3-5-13-6-4-10/h8-9H,3-7H2,1-2H3. The first kappa shape index (κ1) is 11.1. The fourth-order valence-corrected chi connectivity index (χ4v) is 3.15. The van der Waals surface area contributed by atoms with E-state index >= 15 is 0 Å². The molecule has 1 rings (SSSR count). The minimum Gasteiger partial charge on any atom is -0.384 e. The van der Waals surface area contributed by atoms with Gasteiger partial charge in [-0.25, -0.2) is 0 Å². The smallest absolute Gasteiger partial charge is 0.126 e. The van der Waals surface area contributed by atoms with E-state index in [1.54, 1.807) is 7.11 Å². The second-order valence-corrected chi connectivity index (χ2v) is 5.04. The zero-order valence-corrected chi connectivity index (χ0v) is 9.23. The van der Waals surface area contributed by atoms with Crippen LogP contribution in [0.25, 0.3) is 0 Å². The number of thioether (sulfide) groups is 1. The van der Waals surface area contributed by atoms with Crippen LogP contribution >= 0.6 is 11.8 Å². The van der Waals surface area contributed by atoms with Crippen molar-refractivity contribution in [3.63, 3.8) is 0 Å². The molecule has 0 N–H and O–H groups in total. The molecule has 0 amide bonds. The molecule has 0 saturated carbocycles. The minimum atomic E-state index is -0.0960. The van der Waals surface area contributed by atoms with Crippen LogP contribution in [0.5, 0.6) is 0 Å². The molecule has 1 unspecified atom stereocenters.